The fraction of sp³-hybridized carbons (Fsp3) is 0.333. The molecule has 0 radical (unpaired) electrons. The van der Waals surface area contributed by atoms with Crippen molar-refractivity contribution in [1.29, 1.82) is 0 Å². The Balaban J connectivity index is 1.75. The highest BCUT2D eigenvalue weighted by Gasteiger charge is 2.54. The van der Waals surface area contributed by atoms with Crippen molar-refractivity contribution < 1.29 is 19.2 Å². The van der Waals surface area contributed by atoms with E-state index >= 15 is 0 Å². The Labute approximate surface area is 150 Å². The van der Waals surface area contributed by atoms with Crippen LogP contribution in [-0.2, 0) is 21.5 Å². The molecule has 3 N–H and O–H groups in total. The number of aryl methyl sites for hydroxylation is 1. The summed E-state index contributed by atoms with van der Waals surface area (Å²) in [6.45, 7) is 3.13. The van der Waals surface area contributed by atoms with Crippen LogP contribution in [0.5, 0.6) is 0 Å². The zero-order valence-corrected chi connectivity index (χ0v) is 14.2. The van der Waals surface area contributed by atoms with E-state index in [0.29, 0.717) is 6.42 Å². The second-order valence-corrected chi connectivity index (χ2v) is 6.28. The predicted molar refractivity (Wildman–Crippen MR) is 93.0 cm³/mol. The largest absolute Gasteiger partial charge is 0.334 e. The van der Waals surface area contributed by atoms with Gasteiger partial charge in [0.1, 0.15) is 12.1 Å². The van der Waals surface area contributed by atoms with E-state index in [1.54, 1.807) is 0 Å². The van der Waals surface area contributed by atoms with Gasteiger partial charge in [0.15, 0.2) is 0 Å². The van der Waals surface area contributed by atoms with Gasteiger partial charge in [-0.25, -0.2) is 9.59 Å². The van der Waals surface area contributed by atoms with Crippen LogP contribution in [0.2, 0.25) is 0 Å². The molecule has 26 heavy (non-hydrogen) atoms. The highest BCUT2D eigenvalue weighted by atomic mass is 16.2. The highest BCUT2D eigenvalue weighted by Crippen LogP contribution is 2.39. The van der Waals surface area contributed by atoms with E-state index in [1.807, 2.05) is 24.3 Å². The van der Waals surface area contributed by atoms with Crippen molar-refractivity contribution in [3.8, 4) is 0 Å². The van der Waals surface area contributed by atoms with Crippen LogP contribution in [0.1, 0.15) is 24.0 Å². The van der Waals surface area contributed by atoms with Crippen molar-refractivity contribution in [2.75, 3.05) is 13.1 Å². The first-order chi connectivity index (χ1) is 12.5. The van der Waals surface area contributed by atoms with Crippen LogP contribution in [0.15, 0.2) is 36.9 Å². The summed E-state index contributed by atoms with van der Waals surface area (Å²) in [6.07, 6.45) is 3.54. The van der Waals surface area contributed by atoms with E-state index in [4.69, 9.17) is 0 Å². The highest BCUT2D eigenvalue weighted by molar-refractivity contribution is 6.10. The summed E-state index contributed by atoms with van der Waals surface area (Å²) in [7, 11) is 0. The molecule has 2 aliphatic rings. The lowest BCUT2D eigenvalue weighted by Gasteiger charge is -2.33. The monoisotopic (exact) mass is 356 g/mol. The number of carbonyl (C=O) groups is 4. The predicted octanol–water partition coefficient (Wildman–Crippen LogP) is 0.782. The molecule has 8 nitrogen and oxygen atoms in total. The molecule has 0 aromatic heterocycles. The van der Waals surface area contributed by atoms with E-state index in [0.717, 1.165) is 28.9 Å². The number of nitrogens with zero attached hydrogens (tertiary/aromatic N) is 1. The SMILES string of the molecule is C=CCNC(=O)NC(=O)CN1C(=O)N[C@]2(CCCc3ccccc32)C1=O. The van der Waals surface area contributed by atoms with Gasteiger partial charge in [0.05, 0.1) is 0 Å². The van der Waals surface area contributed by atoms with Crippen LogP contribution < -0.4 is 16.0 Å². The standard InChI is InChI=1S/C18H20N4O4/c1-2-10-19-16(25)20-14(23)11-22-15(24)18(21-17(22)26)9-5-7-12-6-3-4-8-13(12)18/h2-4,6,8H,1,5,7,9-11H2,(H,21,26)(H2,19,20,23,25)/t18-/m0/s1. The van der Waals surface area contributed by atoms with Crippen molar-refractivity contribution in [3.05, 3.63) is 48.0 Å². The Morgan fingerprint density at radius 1 is 1.31 bits per heavy atom. The number of benzene rings is 1. The molecule has 1 heterocycles. The minimum Gasteiger partial charge on any atom is -0.334 e. The molecular weight excluding hydrogens is 336 g/mol. The second kappa shape index (κ2) is 6.99. The molecule has 6 amide bonds. The minimum absolute atomic E-state index is 0.197. The molecule has 0 saturated carbocycles. The Morgan fingerprint density at radius 2 is 2.08 bits per heavy atom. The molecule has 1 spiro atoms. The van der Waals surface area contributed by atoms with Gasteiger partial charge in [-0.1, -0.05) is 30.3 Å². The Bertz CT molecular complexity index is 791. The van der Waals surface area contributed by atoms with E-state index in [9.17, 15) is 19.2 Å². The molecule has 1 fully saturated rings. The topological polar surface area (TPSA) is 108 Å². The average molecular weight is 356 g/mol. The quantitative estimate of drug-likeness (QED) is 0.547. The van der Waals surface area contributed by atoms with Crippen LogP contribution in [0.25, 0.3) is 0 Å². The van der Waals surface area contributed by atoms with Crippen LogP contribution in [0, 0.1) is 0 Å². The summed E-state index contributed by atoms with van der Waals surface area (Å²) in [5.41, 5.74) is 0.663. The van der Waals surface area contributed by atoms with Gasteiger partial charge in [-0.15, -0.1) is 6.58 Å². The van der Waals surface area contributed by atoms with Crippen molar-refractivity contribution in [2.45, 2.75) is 24.8 Å². The van der Waals surface area contributed by atoms with Gasteiger partial charge in [-0.05, 0) is 30.4 Å². The van der Waals surface area contributed by atoms with Gasteiger partial charge < -0.3 is 10.6 Å². The Morgan fingerprint density at radius 3 is 2.85 bits per heavy atom. The Kier molecular flexibility index (Phi) is 4.75. The van der Waals surface area contributed by atoms with Crippen LogP contribution in [-0.4, -0.2) is 41.9 Å². The molecule has 8 heteroatoms. The fourth-order valence-corrected chi connectivity index (χ4v) is 3.47. The number of imide groups is 2. The molecule has 1 aromatic rings. The first-order valence-electron chi connectivity index (χ1n) is 8.39. The van der Waals surface area contributed by atoms with E-state index in [2.05, 4.69) is 22.5 Å². The lowest BCUT2D eigenvalue weighted by atomic mass is 9.76. The molecule has 3 rings (SSSR count). The van der Waals surface area contributed by atoms with Gasteiger partial charge >= 0.3 is 12.1 Å². The van der Waals surface area contributed by atoms with Crippen LogP contribution >= 0.6 is 0 Å². The number of rotatable bonds is 4. The number of amides is 6. The maximum atomic E-state index is 13.0. The molecule has 1 atom stereocenters. The third-order valence-corrected chi connectivity index (χ3v) is 4.61. The van der Waals surface area contributed by atoms with Gasteiger partial charge in [-0.2, -0.15) is 0 Å². The summed E-state index contributed by atoms with van der Waals surface area (Å²) in [6, 6.07) is 6.15. The molecule has 1 aliphatic carbocycles. The van der Waals surface area contributed by atoms with Crippen molar-refractivity contribution in [3.63, 3.8) is 0 Å². The number of carbonyl (C=O) groups excluding carboxylic acids is 4. The lowest BCUT2D eigenvalue weighted by Crippen LogP contribution is -2.48. The van der Waals surface area contributed by atoms with Gasteiger partial charge in [0.2, 0.25) is 5.91 Å². The van der Waals surface area contributed by atoms with Gasteiger partial charge in [-0.3, -0.25) is 19.8 Å². The van der Waals surface area contributed by atoms with Crippen LogP contribution in [0.3, 0.4) is 0 Å². The lowest BCUT2D eigenvalue weighted by molar-refractivity contribution is -0.135. The third kappa shape index (κ3) is 3.05. The second-order valence-electron chi connectivity index (χ2n) is 6.28. The third-order valence-electron chi connectivity index (χ3n) is 4.61. The maximum Gasteiger partial charge on any atom is 0.325 e. The molecule has 1 aliphatic heterocycles. The smallest absolute Gasteiger partial charge is 0.325 e. The van der Waals surface area contributed by atoms with Crippen molar-refractivity contribution >= 4 is 23.9 Å². The molecular formula is C18H20N4O4. The average Bonchev–Trinajstić information content (AvgIpc) is 2.85. The molecule has 136 valence electrons. The first-order valence-corrected chi connectivity index (χ1v) is 8.39. The summed E-state index contributed by atoms with van der Waals surface area (Å²) < 4.78 is 0. The molecule has 1 aromatic carbocycles. The van der Waals surface area contributed by atoms with E-state index in [-0.39, 0.29) is 6.54 Å². The number of hydrogen-bond acceptors (Lipinski definition) is 4. The zero-order chi connectivity index (χ0) is 18.7. The Hall–Kier alpha value is -3.16. The number of hydrogen-bond donors (Lipinski definition) is 3. The summed E-state index contributed by atoms with van der Waals surface area (Å²) in [5.74, 6) is -1.20. The number of urea groups is 2. The molecule has 0 bridgehead atoms. The van der Waals surface area contributed by atoms with Crippen molar-refractivity contribution in [1.82, 2.24) is 20.9 Å². The van der Waals surface area contributed by atoms with Gasteiger partial charge in [0, 0.05) is 6.54 Å². The number of nitrogens with one attached hydrogen (secondary N) is 3. The summed E-state index contributed by atoms with van der Waals surface area (Å²) >= 11 is 0. The normalized spacial score (nSPS) is 21.2. The van der Waals surface area contributed by atoms with Crippen LogP contribution in [0.4, 0.5) is 9.59 Å². The van der Waals surface area contributed by atoms with E-state index < -0.39 is 36.0 Å². The van der Waals surface area contributed by atoms with E-state index in [1.165, 1.54) is 6.08 Å². The zero-order valence-electron chi connectivity index (χ0n) is 14.2. The van der Waals surface area contributed by atoms with Gasteiger partial charge in [0.25, 0.3) is 5.91 Å². The molecule has 1 saturated heterocycles. The fourth-order valence-electron chi connectivity index (χ4n) is 3.47. The number of fused-ring (bicyclic) bond motifs is 2. The maximum absolute atomic E-state index is 13.0. The minimum atomic E-state index is -1.13. The molecule has 0 unspecified atom stereocenters. The van der Waals surface area contributed by atoms with Crippen molar-refractivity contribution in [2.24, 2.45) is 0 Å². The summed E-state index contributed by atoms with van der Waals surface area (Å²) in [5, 5.41) is 7.23. The summed E-state index contributed by atoms with van der Waals surface area (Å²) in [4.78, 5) is 49.7. The first kappa shape index (κ1) is 17.7.